The Bertz CT molecular complexity index is 581. The molecule has 0 spiro atoms. The maximum atomic E-state index is 6.11. The lowest BCUT2D eigenvalue weighted by molar-refractivity contribution is 0.179. The van der Waals surface area contributed by atoms with E-state index in [1.807, 2.05) is 50.2 Å². The molecule has 0 saturated heterocycles. The van der Waals surface area contributed by atoms with E-state index in [9.17, 15) is 0 Å². The molecule has 21 heavy (non-hydrogen) atoms. The van der Waals surface area contributed by atoms with Gasteiger partial charge >= 0.3 is 0 Å². The van der Waals surface area contributed by atoms with E-state index in [2.05, 4.69) is 19.1 Å². The highest BCUT2D eigenvalue weighted by molar-refractivity contribution is 5.34. The van der Waals surface area contributed by atoms with Crippen LogP contribution in [-0.2, 0) is 0 Å². The zero-order valence-corrected chi connectivity index (χ0v) is 12.9. The van der Waals surface area contributed by atoms with Gasteiger partial charge in [0, 0.05) is 12.1 Å². The fourth-order valence-electron chi connectivity index (χ4n) is 2.28. The molecule has 0 bridgehead atoms. The minimum absolute atomic E-state index is 0.109. The summed E-state index contributed by atoms with van der Waals surface area (Å²) in [7, 11) is 0. The minimum atomic E-state index is -0.179. The molecular weight excluding hydrogens is 262 g/mol. The van der Waals surface area contributed by atoms with Gasteiger partial charge in [-0.2, -0.15) is 0 Å². The molecule has 2 rings (SSSR count). The van der Waals surface area contributed by atoms with Crippen LogP contribution in [0.4, 0.5) is 0 Å². The van der Waals surface area contributed by atoms with Crippen molar-refractivity contribution in [3.8, 4) is 11.5 Å². The number of nitrogens with two attached hydrogens (primary N) is 1. The van der Waals surface area contributed by atoms with Crippen molar-refractivity contribution in [2.75, 3.05) is 6.61 Å². The number of hydrogen-bond donors (Lipinski definition) is 1. The summed E-state index contributed by atoms with van der Waals surface area (Å²) in [5.74, 6) is 1.58. The van der Waals surface area contributed by atoms with Crippen molar-refractivity contribution in [1.29, 1.82) is 0 Å². The lowest BCUT2D eigenvalue weighted by Gasteiger charge is -2.23. The Hall–Kier alpha value is -2.00. The lowest BCUT2D eigenvalue weighted by Crippen LogP contribution is -2.29. The second-order valence-electron chi connectivity index (χ2n) is 5.22. The van der Waals surface area contributed by atoms with Crippen molar-refractivity contribution in [2.24, 2.45) is 5.73 Å². The zero-order chi connectivity index (χ0) is 15.2. The van der Waals surface area contributed by atoms with E-state index in [-0.39, 0.29) is 12.1 Å². The molecule has 2 aromatic carbocycles. The van der Waals surface area contributed by atoms with Crippen LogP contribution in [0, 0.1) is 6.92 Å². The predicted octanol–water partition coefficient (Wildman–Crippen LogP) is 3.86. The highest BCUT2D eigenvalue weighted by Crippen LogP contribution is 2.27. The smallest absolute Gasteiger partial charge is 0.138 e. The maximum absolute atomic E-state index is 6.11. The normalized spacial score (nSPS) is 13.5. The predicted molar refractivity (Wildman–Crippen MR) is 85.8 cm³/mol. The molecule has 2 unspecified atom stereocenters. The highest BCUT2D eigenvalue weighted by Gasteiger charge is 2.18. The van der Waals surface area contributed by atoms with Gasteiger partial charge < -0.3 is 15.2 Å². The van der Waals surface area contributed by atoms with E-state index in [4.69, 9.17) is 15.2 Å². The first-order chi connectivity index (χ1) is 10.1. The van der Waals surface area contributed by atoms with Crippen LogP contribution in [0.15, 0.2) is 48.5 Å². The van der Waals surface area contributed by atoms with Gasteiger partial charge in [0.05, 0.1) is 6.61 Å². The average Bonchev–Trinajstić information content (AvgIpc) is 2.45. The number of aryl methyl sites for hydroxylation is 1. The number of ether oxygens (including phenoxy) is 2. The summed E-state index contributed by atoms with van der Waals surface area (Å²) in [6, 6.07) is 15.8. The van der Waals surface area contributed by atoms with Crippen LogP contribution in [0.5, 0.6) is 11.5 Å². The quantitative estimate of drug-likeness (QED) is 0.876. The standard InChI is InChI=1S/C18H23NO2/c1-4-20-16-9-6-10-17(12-16)21-18(14(3)19)15-8-5-7-13(2)11-15/h5-12,14,18H,4,19H2,1-3H3. The molecule has 0 fully saturated rings. The zero-order valence-electron chi connectivity index (χ0n) is 12.9. The SMILES string of the molecule is CCOc1cccc(OC(c2cccc(C)c2)C(C)N)c1. The second-order valence-corrected chi connectivity index (χ2v) is 5.22. The van der Waals surface area contributed by atoms with Crippen LogP contribution in [0.3, 0.4) is 0 Å². The fourth-order valence-corrected chi connectivity index (χ4v) is 2.28. The molecule has 3 heteroatoms. The molecule has 0 aliphatic heterocycles. The molecule has 0 aliphatic rings. The Kier molecular flexibility index (Phi) is 5.23. The number of rotatable bonds is 6. The van der Waals surface area contributed by atoms with E-state index in [0.29, 0.717) is 6.61 Å². The fraction of sp³-hybridized carbons (Fsp3) is 0.333. The van der Waals surface area contributed by atoms with E-state index in [1.54, 1.807) is 0 Å². The molecule has 0 amide bonds. The van der Waals surface area contributed by atoms with E-state index in [1.165, 1.54) is 5.56 Å². The largest absolute Gasteiger partial charge is 0.494 e. The van der Waals surface area contributed by atoms with Gasteiger partial charge in [-0.05, 0) is 38.5 Å². The van der Waals surface area contributed by atoms with Crippen LogP contribution >= 0.6 is 0 Å². The topological polar surface area (TPSA) is 44.5 Å². The van der Waals surface area contributed by atoms with Crippen LogP contribution in [0.1, 0.15) is 31.1 Å². The van der Waals surface area contributed by atoms with Crippen molar-refractivity contribution in [1.82, 2.24) is 0 Å². The molecule has 2 aromatic rings. The van der Waals surface area contributed by atoms with Gasteiger partial charge in [-0.25, -0.2) is 0 Å². The monoisotopic (exact) mass is 285 g/mol. The minimum Gasteiger partial charge on any atom is -0.494 e. The summed E-state index contributed by atoms with van der Waals surface area (Å²) in [5, 5.41) is 0. The van der Waals surface area contributed by atoms with Crippen molar-refractivity contribution >= 4 is 0 Å². The highest BCUT2D eigenvalue weighted by atomic mass is 16.5. The van der Waals surface area contributed by atoms with Gasteiger partial charge in [0.1, 0.15) is 17.6 Å². The molecule has 0 radical (unpaired) electrons. The van der Waals surface area contributed by atoms with E-state index < -0.39 is 0 Å². The molecule has 0 heterocycles. The first-order valence-electron chi connectivity index (χ1n) is 7.32. The Morgan fingerprint density at radius 3 is 2.43 bits per heavy atom. The Morgan fingerprint density at radius 1 is 1.05 bits per heavy atom. The summed E-state index contributed by atoms with van der Waals surface area (Å²) in [6.07, 6.45) is -0.179. The third-order valence-corrected chi connectivity index (χ3v) is 3.23. The Balaban J connectivity index is 2.22. The Morgan fingerprint density at radius 2 is 1.76 bits per heavy atom. The number of hydrogen-bond acceptors (Lipinski definition) is 3. The van der Waals surface area contributed by atoms with Gasteiger partial charge in [0.25, 0.3) is 0 Å². The van der Waals surface area contributed by atoms with Crippen LogP contribution in [-0.4, -0.2) is 12.6 Å². The summed E-state index contributed by atoms with van der Waals surface area (Å²) < 4.78 is 11.6. The van der Waals surface area contributed by atoms with Gasteiger partial charge in [0.2, 0.25) is 0 Å². The number of benzene rings is 2. The summed E-state index contributed by atoms with van der Waals surface area (Å²) in [4.78, 5) is 0. The van der Waals surface area contributed by atoms with Gasteiger partial charge in [-0.1, -0.05) is 35.9 Å². The molecule has 0 aromatic heterocycles. The van der Waals surface area contributed by atoms with Crippen LogP contribution < -0.4 is 15.2 Å². The molecule has 112 valence electrons. The van der Waals surface area contributed by atoms with Crippen molar-refractivity contribution in [2.45, 2.75) is 32.9 Å². The van der Waals surface area contributed by atoms with Crippen molar-refractivity contribution in [3.05, 3.63) is 59.7 Å². The first-order valence-corrected chi connectivity index (χ1v) is 7.32. The van der Waals surface area contributed by atoms with Crippen molar-refractivity contribution < 1.29 is 9.47 Å². The summed E-state index contributed by atoms with van der Waals surface area (Å²) in [5.41, 5.74) is 8.40. The van der Waals surface area contributed by atoms with Crippen LogP contribution in [0.2, 0.25) is 0 Å². The van der Waals surface area contributed by atoms with Gasteiger partial charge in [-0.15, -0.1) is 0 Å². The third-order valence-electron chi connectivity index (χ3n) is 3.23. The van der Waals surface area contributed by atoms with Gasteiger partial charge in [-0.3, -0.25) is 0 Å². The molecule has 0 aliphatic carbocycles. The molecule has 2 N–H and O–H groups in total. The molecular formula is C18H23NO2. The van der Waals surface area contributed by atoms with Crippen molar-refractivity contribution in [3.63, 3.8) is 0 Å². The second kappa shape index (κ2) is 7.14. The lowest BCUT2D eigenvalue weighted by atomic mass is 10.0. The molecule has 3 nitrogen and oxygen atoms in total. The third kappa shape index (κ3) is 4.23. The van der Waals surface area contributed by atoms with E-state index >= 15 is 0 Å². The molecule has 0 saturated carbocycles. The van der Waals surface area contributed by atoms with E-state index in [0.717, 1.165) is 17.1 Å². The molecule has 2 atom stereocenters. The Labute approximate surface area is 126 Å². The van der Waals surface area contributed by atoms with Crippen LogP contribution in [0.25, 0.3) is 0 Å². The average molecular weight is 285 g/mol. The first kappa shape index (κ1) is 15.4. The summed E-state index contributed by atoms with van der Waals surface area (Å²) >= 11 is 0. The van der Waals surface area contributed by atoms with Gasteiger partial charge in [0.15, 0.2) is 0 Å². The summed E-state index contributed by atoms with van der Waals surface area (Å²) in [6.45, 7) is 6.62. The maximum Gasteiger partial charge on any atom is 0.138 e.